The first-order valence-corrected chi connectivity index (χ1v) is 8.17. The van der Waals surface area contributed by atoms with Crippen LogP contribution in [-0.4, -0.2) is 29.1 Å². The Bertz CT molecular complexity index is 641. The third-order valence-electron chi connectivity index (χ3n) is 3.85. The lowest BCUT2D eigenvalue weighted by molar-refractivity contribution is -0.140. The molecule has 0 radical (unpaired) electrons. The van der Waals surface area contributed by atoms with Crippen molar-refractivity contribution in [2.24, 2.45) is 5.92 Å². The van der Waals surface area contributed by atoms with Crippen molar-refractivity contribution >= 4 is 17.5 Å². The summed E-state index contributed by atoms with van der Waals surface area (Å²) in [5.74, 6) is 0.373. The van der Waals surface area contributed by atoms with E-state index in [-0.39, 0.29) is 0 Å². The molecule has 0 bridgehead atoms. The van der Waals surface area contributed by atoms with Gasteiger partial charge in [-0.25, -0.2) is 4.98 Å². The first-order chi connectivity index (χ1) is 11.5. The number of carboxylic acid groups (broad SMARTS) is 1. The zero-order chi connectivity index (χ0) is 17.5. The average molecular weight is 327 g/mol. The van der Waals surface area contributed by atoms with E-state index in [0.29, 0.717) is 18.9 Å². The number of benzene rings is 1. The summed E-state index contributed by atoms with van der Waals surface area (Å²) in [7, 11) is 1.97. The van der Waals surface area contributed by atoms with Crippen molar-refractivity contribution in [2.75, 3.05) is 11.9 Å². The fraction of sp³-hybridized carbons (Fsp3) is 0.368. The molecule has 2 N–H and O–H groups in total. The van der Waals surface area contributed by atoms with Gasteiger partial charge in [-0.15, -0.1) is 0 Å². The molecule has 0 aliphatic heterocycles. The summed E-state index contributed by atoms with van der Waals surface area (Å²) in [5, 5.41) is 12.4. The maximum atomic E-state index is 11.3. The molecule has 0 saturated carbocycles. The number of hydrogen-bond donors (Lipinski definition) is 2. The Labute approximate surface area is 143 Å². The number of carbonyl (C=O) groups is 1. The zero-order valence-electron chi connectivity index (χ0n) is 14.4. The van der Waals surface area contributed by atoms with E-state index in [1.807, 2.05) is 68.3 Å². The molecule has 1 atom stereocenters. The third-order valence-corrected chi connectivity index (χ3v) is 3.85. The lowest BCUT2D eigenvalue weighted by Crippen LogP contribution is -2.37. The number of nitrogens with zero attached hydrogens (tertiary/aromatic N) is 2. The van der Waals surface area contributed by atoms with Crippen LogP contribution in [-0.2, 0) is 11.3 Å². The number of hydrogen-bond acceptors (Lipinski definition) is 4. The van der Waals surface area contributed by atoms with Crippen molar-refractivity contribution in [3.8, 4) is 0 Å². The Kier molecular flexibility index (Phi) is 6.32. The number of nitrogens with one attached hydrogen (secondary N) is 1. The SMILES string of the molecule is CC(C)C[C@@H](NCc1ccc(N(C)c2ccccc2)nc1)C(=O)O. The monoisotopic (exact) mass is 327 g/mol. The summed E-state index contributed by atoms with van der Waals surface area (Å²) in [6.07, 6.45) is 2.40. The Morgan fingerprint density at radius 2 is 1.92 bits per heavy atom. The molecule has 0 saturated heterocycles. The van der Waals surface area contributed by atoms with Gasteiger partial charge in [0.1, 0.15) is 11.9 Å². The smallest absolute Gasteiger partial charge is 0.320 e. The molecule has 0 aliphatic rings. The predicted molar refractivity (Wildman–Crippen MR) is 96.5 cm³/mol. The van der Waals surface area contributed by atoms with Gasteiger partial charge in [-0.05, 0) is 36.1 Å². The van der Waals surface area contributed by atoms with Crippen molar-refractivity contribution in [3.05, 3.63) is 54.2 Å². The molecular weight excluding hydrogens is 302 g/mol. The minimum absolute atomic E-state index is 0.332. The average Bonchev–Trinajstić information content (AvgIpc) is 2.58. The summed E-state index contributed by atoms with van der Waals surface area (Å²) in [6, 6.07) is 13.4. The van der Waals surface area contributed by atoms with E-state index < -0.39 is 12.0 Å². The molecule has 2 rings (SSSR count). The van der Waals surface area contributed by atoms with Crippen LogP contribution in [0.15, 0.2) is 48.7 Å². The summed E-state index contributed by atoms with van der Waals surface area (Å²) >= 11 is 0. The van der Waals surface area contributed by atoms with Gasteiger partial charge in [-0.3, -0.25) is 4.79 Å². The molecule has 5 heteroatoms. The summed E-state index contributed by atoms with van der Waals surface area (Å²) in [6.45, 7) is 4.53. The van der Waals surface area contributed by atoms with E-state index in [1.54, 1.807) is 6.20 Å². The molecule has 1 heterocycles. The highest BCUT2D eigenvalue weighted by atomic mass is 16.4. The van der Waals surface area contributed by atoms with Gasteiger partial charge in [0, 0.05) is 25.5 Å². The van der Waals surface area contributed by atoms with Crippen LogP contribution in [0.25, 0.3) is 0 Å². The van der Waals surface area contributed by atoms with E-state index in [2.05, 4.69) is 10.3 Å². The second-order valence-electron chi connectivity index (χ2n) is 6.32. The quantitative estimate of drug-likeness (QED) is 0.777. The number of anilines is 2. The standard InChI is InChI=1S/C19H25N3O2/c1-14(2)11-17(19(23)24)20-12-15-9-10-18(21-13-15)22(3)16-7-5-4-6-8-16/h4-10,13-14,17,20H,11-12H2,1-3H3,(H,23,24)/t17-/m1/s1. The second kappa shape index (κ2) is 8.45. The fourth-order valence-electron chi connectivity index (χ4n) is 2.49. The molecule has 2 aromatic rings. The molecule has 5 nitrogen and oxygen atoms in total. The van der Waals surface area contributed by atoms with Gasteiger partial charge in [0.2, 0.25) is 0 Å². The van der Waals surface area contributed by atoms with E-state index in [9.17, 15) is 9.90 Å². The van der Waals surface area contributed by atoms with Gasteiger partial charge < -0.3 is 15.3 Å². The third kappa shape index (κ3) is 5.06. The van der Waals surface area contributed by atoms with Crippen molar-refractivity contribution < 1.29 is 9.90 Å². The van der Waals surface area contributed by atoms with Crippen LogP contribution < -0.4 is 10.2 Å². The topological polar surface area (TPSA) is 65.5 Å². The fourth-order valence-corrected chi connectivity index (χ4v) is 2.49. The number of para-hydroxylation sites is 1. The van der Waals surface area contributed by atoms with Crippen molar-refractivity contribution in [1.29, 1.82) is 0 Å². The molecule has 128 valence electrons. The van der Waals surface area contributed by atoms with Gasteiger partial charge in [-0.1, -0.05) is 38.1 Å². The maximum Gasteiger partial charge on any atom is 0.320 e. The van der Waals surface area contributed by atoms with Gasteiger partial charge >= 0.3 is 5.97 Å². The molecule has 0 unspecified atom stereocenters. The van der Waals surface area contributed by atoms with Gasteiger partial charge in [0.05, 0.1) is 0 Å². The van der Waals surface area contributed by atoms with Crippen LogP contribution in [0.5, 0.6) is 0 Å². The van der Waals surface area contributed by atoms with Crippen LogP contribution in [0.4, 0.5) is 11.5 Å². The minimum atomic E-state index is -0.808. The van der Waals surface area contributed by atoms with E-state index in [0.717, 1.165) is 17.1 Å². The molecule has 0 amide bonds. The Balaban J connectivity index is 1.98. The van der Waals surface area contributed by atoms with Crippen molar-refractivity contribution in [3.63, 3.8) is 0 Å². The molecule has 1 aromatic carbocycles. The Hall–Kier alpha value is -2.40. The van der Waals surface area contributed by atoms with Crippen molar-refractivity contribution in [1.82, 2.24) is 10.3 Å². The highest BCUT2D eigenvalue weighted by Gasteiger charge is 2.18. The highest BCUT2D eigenvalue weighted by molar-refractivity contribution is 5.73. The van der Waals surface area contributed by atoms with E-state index in [1.165, 1.54) is 0 Å². The normalized spacial score (nSPS) is 12.2. The largest absolute Gasteiger partial charge is 0.480 e. The lowest BCUT2D eigenvalue weighted by Gasteiger charge is -2.19. The number of aliphatic carboxylic acids is 1. The van der Waals surface area contributed by atoms with Gasteiger partial charge in [-0.2, -0.15) is 0 Å². The molecule has 24 heavy (non-hydrogen) atoms. The summed E-state index contributed by atoms with van der Waals surface area (Å²) < 4.78 is 0. The van der Waals surface area contributed by atoms with Crippen LogP contribution in [0.2, 0.25) is 0 Å². The van der Waals surface area contributed by atoms with Crippen LogP contribution in [0.3, 0.4) is 0 Å². The number of rotatable bonds is 8. The molecule has 0 fully saturated rings. The molecule has 0 spiro atoms. The van der Waals surface area contributed by atoms with E-state index in [4.69, 9.17) is 0 Å². The van der Waals surface area contributed by atoms with Gasteiger partial charge in [0.25, 0.3) is 0 Å². The van der Waals surface area contributed by atoms with Crippen LogP contribution in [0, 0.1) is 5.92 Å². The first kappa shape index (κ1) is 17.9. The molecular formula is C19H25N3O2. The van der Waals surface area contributed by atoms with E-state index >= 15 is 0 Å². The molecule has 0 aliphatic carbocycles. The summed E-state index contributed by atoms with van der Waals surface area (Å²) in [5.41, 5.74) is 2.04. The number of aromatic nitrogens is 1. The minimum Gasteiger partial charge on any atom is -0.480 e. The van der Waals surface area contributed by atoms with Crippen molar-refractivity contribution in [2.45, 2.75) is 32.9 Å². The molecule has 1 aromatic heterocycles. The predicted octanol–water partition coefficient (Wildman–Crippen LogP) is 3.44. The summed E-state index contributed by atoms with van der Waals surface area (Å²) in [4.78, 5) is 17.8. The van der Waals surface area contributed by atoms with Crippen LogP contribution >= 0.6 is 0 Å². The second-order valence-corrected chi connectivity index (χ2v) is 6.32. The number of pyridine rings is 1. The van der Waals surface area contributed by atoms with Gasteiger partial charge in [0.15, 0.2) is 0 Å². The lowest BCUT2D eigenvalue weighted by atomic mass is 10.0. The first-order valence-electron chi connectivity index (χ1n) is 8.17. The number of carboxylic acids is 1. The van der Waals surface area contributed by atoms with Crippen LogP contribution in [0.1, 0.15) is 25.8 Å². The maximum absolute atomic E-state index is 11.3. The zero-order valence-corrected chi connectivity index (χ0v) is 14.4. The Morgan fingerprint density at radius 3 is 2.46 bits per heavy atom. The highest BCUT2D eigenvalue weighted by Crippen LogP contribution is 2.20. The Morgan fingerprint density at radius 1 is 1.21 bits per heavy atom.